The monoisotopic (exact) mass is 244 g/mol. The molecule has 2 aliphatic rings. The molecule has 0 aromatic heterocycles. The average Bonchev–Trinajstić information content (AvgIpc) is 2.55. The van der Waals surface area contributed by atoms with Crippen molar-refractivity contribution in [3.8, 4) is 0 Å². The molecule has 2 nitrogen and oxygen atoms in total. The normalized spacial score (nSPS) is 22.9. The van der Waals surface area contributed by atoms with Gasteiger partial charge in [0.15, 0.2) is 0 Å². The summed E-state index contributed by atoms with van der Waals surface area (Å²) in [4.78, 5) is 2.65. The molecular weight excluding hydrogens is 220 g/mol. The Morgan fingerprint density at radius 1 is 1.17 bits per heavy atom. The van der Waals surface area contributed by atoms with Crippen LogP contribution in [0.4, 0.5) is 0 Å². The Morgan fingerprint density at radius 2 is 1.94 bits per heavy atom. The highest BCUT2D eigenvalue weighted by Crippen LogP contribution is 2.33. The smallest absolute Gasteiger partial charge is 0.0250 e. The summed E-state index contributed by atoms with van der Waals surface area (Å²) < 4.78 is 0. The predicted molar refractivity (Wildman–Crippen MR) is 75.4 cm³/mol. The molecule has 0 bridgehead atoms. The molecule has 1 saturated carbocycles. The number of benzene rings is 1. The highest BCUT2D eigenvalue weighted by molar-refractivity contribution is 5.28. The van der Waals surface area contributed by atoms with Crippen molar-refractivity contribution in [2.24, 2.45) is 11.7 Å². The number of fused-ring (bicyclic) bond motifs is 1. The van der Waals surface area contributed by atoms with Gasteiger partial charge in [0.05, 0.1) is 0 Å². The highest BCUT2D eigenvalue weighted by atomic mass is 15.2. The van der Waals surface area contributed by atoms with Crippen LogP contribution in [0.1, 0.15) is 36.8 Å². The highest BCUT2D eigenvalue weighted by Gasteiger charge is 2.31. The Hall–Kier alpha value is -0.860. The molecule has 0 amide bonds. The maximum absolute atomic E-state index is 6.04. The first kappa shape index (κ1) is 12.2. The van der Waals surface area contributed by atoms with Crippen molar-refractivity contribution in [2.75, 3.05) is 13.1 Å². The Balaban J connectivity index is 1.77. The molecule has 1 aliphatic carbocycles. The molecular formula is C16H24N2. The van der Waals surface area contributed by atoms with Crippen LogP contribution in [0.2, 0.25) is 0 Å². The van der Waals surface area contributed by atoms with Crippen molar-refractivity contribution in [1.29, 1.82) is 0 Å². The summed E-state index contributed by atoms with van der Waals surface area (Å²) in [5.41, 5.74) is 9.11. The first-order valence-electron chi connectivity index (χ1n) is 7.39. The summed E-state index contributed by atoms with van der Waals surface area (Å²) in [6.07, 6.45) is 6.69. The topological polar surface area (TPSA) is 29.3 Å². The second-order valence-electron chi connectivity index (χ2n) is 5.84. The third kappa shape index (κ3) is 2.32. The standard InChI is InChI=1S/C16H24N2/c17-11-16(14-7-3-8-14)18-10-4-9-13-5-1-2-6-15(13)12-18/h1-2,5-6,14,16H,3-4,7-12,17H2. The van der Waals surface area contributed by atoms with Crippen molar-refractivity contribution >= 4 is 0 Å². The van der Waals surface area contributed by atoms with Gasteiger partial charge in [0.1, 0.15) is 0 Å². The lowest BCUT2D eigenvalue weighted by Gasteiger charge is -2.40. The van der Waals surface area contributed by atoms with E-state index in [1.54, 1.807) is 5.56 Å². The number of nitrogens with two attached hydrogens (primary N) is 1. The molecule has 2 heteroatoms. The molecule has 1 aliphatic heterocycles. The second-order valence-corrected chi connectivity index (χ2v) is 5.84. The van der Waals surface area contributed by atoms with E-state index in [-0.39, 0.29) is 0 Å². The van der Waals surface area contributed by atoms with Gasteiger partial charge in [0, 0.05) is 19.1 Å². The fourth-order valence-corrected chi connectivity index (χ4v) is 3.47. The van der Waals surface area contributed by atoms with E-state index in [1.165, 1.54) is 44.2 Å². The van der Waals surface area contributed by atoms with E-state index in [0.717, 1.165) is 19.0 Å². The van der Waals surface area contributed by atoms with Crippen molar-refractivity contribution in [2.45, 2.75) is 44.7 Å². The van der Waals surface area contributed by atoms with Gasteiger partial charge in [-0.25, -0.2) is 0 Å². The Morgan fingerprint density at radius 3 is 2.61 bits per heavy atom. The quantitative estimate of drug-likeness (QED) is 0.885. The molecule has 1 fully saturated rings. The van der Waals surface area contributed by atoms with Crippen LogP contribution in [0.5, 0.6) is 0 Å². The molecule has 3 rings (SSSR count). The fourth-order valence-electron chi connectivity index (χ4n) is 3.47. The Kier molecular flexibility index (Phi) is 3.67. The molecule has 2 N–H and O–H groups in total. The lowest BCUT2D eigenvalue weighted by Crippen LogP contribution is -2.47. The fraction of sp³-hybridized carbons (Fsp3) is 0.625. The SMILES string of the molecule is NCC(C1CCC1)N1CCCc2ccccc2C1. The summed E-state index contributed by atoms with van der Waals surface area (Å²) in [5, 5.41) is 0. The van der Waals surface area contributed by atoms with Crippen molar-refractivity contribution in [1.82, 2.24) is 4.90 Å². The minimum absolute atomic E-state index is 0.616. The van der Waals surface area contributed by atoms with Gasteiger partial charge in [-0.3, -0.25) is 4.90 Å². The predicted octanol–water partition coefficient (Wildman–Crippen LogP) is 2.56. The molecule has 1 unspecified atom stereocenters. The molecule has 0 saturated heterocycles. The largest absolute Gasteiger partial charge is 0.329 e. The maximum atomic E-state index is 6.04. The van der Waals surface area contributed by atoms with Crippen LogP contribution in [0.25, 0.3) is 0 Å². The zero-order valence-electron chi connectivity index (χ0n) is 11.1. The van der Waals surface area contributed by atoms with Crippen LogP contribution in [-0.2, 0) is 13.0 Å². The van der Waals surface area contributed by atoms with Crippen LogP contribution in [-0.4, -0.2) is 24.0 Å². The number of aryl methyl sites for hydroxylation is 1. The van der Waals surface area contributed by atoms with E-state index in [1.807, 2.05) is 0 Å². The summed E-state index contributed by atoms with van der Waals surface area (Å²) in [5.74, 6) is 0.861. The first-order valence-corrected chi connectivity index (χ1v) is 7.39. The van der Waals surface area contributed by atoms with Crippen molar-refractivity contribution in [3.63, 3.8) is 0 Å². The van der Waals surface area contributed by atoms with Crippen LogP contribution < -0.4 is 5.73 Å². The minimum Gasteiger partial charge on any atom is -0.329 e. The second kappa shape index (κ2) is 5.41. The van der Waals surface area contributed by atoms with Crippen LogP contribution >= 0.6 is 0 Å². The van der Waals surface area contributed by atoms with E-state index < -0.39 is 0 Å². The van der Waals surface area contributed by atoms with Crippen molar-refractivity contribution < 1.29 is 0 Å². The van der Waals surface area contributed by atoms with Gasteiger partial charge < -0.3 is 5.73 Å². The lowest BCUT2D eigenvalue weighted by molar-refractivity contribution is 0.0953. The van der Waals surface area contributed by atoms with Gasteiger partial charge in [0.2, 0.25) is 0 Å². The first-order chi connectivity index (χ1) is 8.88. The number of hydrogen-bond acceptors (Lipinski definition) is 2. The third-order valence-corrected chi connectivity index (χ3v) is 4.79. The van der Waals surface area contributed by atoms with Crippen LogP contribution in [0.3, 0.4) is 0 Å². The van der Waals surface area contributed by atoms with Crippen molar-refractivity contribution in [3.05, 3.63) is 35.4 Å². The molecule has 0 radical (unpaired) electrons. The molecule has 1 aromatic carbocycles. The maximum Gasteiger partial charge on any atom is 0.0250 e. The molecule has 1 aromatic rings. The summed E-state index contributed by atoms with van der Waals surface area (Å²) in [6.45, 7) is 3.15. The summed E-state index contributed by atoms with van der Waals surface area (Å²) in [6, 6.07) is 9.54. The van der Waals surface area contributed by atoms with E-state index in [0.29, 0.717) is 6.04 Å². The third-order valence-electron chi connectivity index (χ3n) is 4.79. The molecule has 98 valence electrons. The minimum atomic E-state index is 0.616. The molecule has 0 spiro atoms. The molecule has 1 heterocycles. The summed E-state index contributed by atoms with van der Waals surface area (Å²) >= 11 is 0. The van der Waals surface area contributed by atoms with Gasteiger partial charge in [-0.2, -0.15) is 0 Å². The van der Waals surface area contributed by atoms with Gasteiger partial charge in [-0.1, -0.05) is 30.7 Å². The summed E-state index contributed by atoms with van der Waals surface area (Å²) in [7, 11) is 0. The number of rotatable bonds is 3. The lowest BCUT2D eigenvalue weighted by atomic mass is 9.79. The van der Waals surface area contributed by atoms with Gasteiger partial charge in [-0.15, -0.1) is 0 Å². The molecule has 1 atom stereocenters. The average molecular weight is 244 g/mol. The van der Waals surface area contributed by atoms with E-state index in [4.69, 9.17) is 5.73 Å². The van der Waals surface area contributed by atoms with Gasteiger partial charge >= 0.3 is 0 Å². The van der Waals surface area contributed by atoms with Gasteiger partial charge in [0.25, 0.3) is 0 Å². The van der Waals surface area contributed by atoms with E-state index >= 15 is 0 Å². The Bertz CT molecular complexity index is 398. The van der Waals surface area contributed by atoms with E-state index in [2.05, 4.69) is 29.2 Å². The zero-order valence-corrected chi connectivity index (χ0v) is 11.1. The van der Waals surface area contributed by atoms with E-state index in [9.17, 15) is 0 Å². The Labute approximate surface area is 110 Å². The zero-order chi connectivity index (χ0) is 12.4. The molecule has 18 heavy (non-hydrogen) atoms. The number of hydrogen-bond donors (Lipinski definition) is 1. The van der Waals surface area contributed by atoms with Gasteiger partial charge in [-0.05, 0) is 49.3 Å². The number of nitrogens with zero attached hydrogens (tertiary/aromatic N) is 1. The van der Waals surface area contributed by atoms with Crippen LogP contribution in [0.15, 0.2) is 24.3 Å². The van der Waals surface area contributed by atoms with Crippen LogP contribution in [0, 0.1) is 5.92 Å².